The van der Waals surface area contributed by atoms with E-state index < -0.39 is 0 Å². The zero-order chi connectivity index (χ0) is 17.8. The second-order valence-corrected chi connectivity index (χ2v) is 8.60. The Kier molecular flexibility index (Phi) is 3.71. The molecule has 3 heterocycles. The summed E-state index contributed by atoms with van der Waals surface area (Å²) in [6, 6.07) is 7.43. The second kappa shape index (κ2) is 5.98. The van der Waals surface area contributed by atoms with E-state index in [0.29, 0.717) is 23.8 Å². The molecule has 0 radical (unpaired) electrons. The van der Waals surface area contributed by atoms with E-state index in [4.69, 9.17) is 0 Å². The summed E-state index contributed by atoms with van der Waals surface area (Å²) in [7, 11) is 2.32. The molecule has 0 amide bonds. The molecule has 3 aromatic rings. The summed E-state index contributed by atoms with van der Waals surface area (Å²) in [6.45, 7) is 6.72. The normalized spacial score (nSPS) is 25.8. The van der Waals surface area contributed by atoms with Crippen molar-refractivity contribution < 1.29 is 0 Å². The average Bonchev–Trinajstić information content (AvgIpc) is 3.24. The van der Waals surface area contributed by atoms with Gasteiger partial charge in [0, 0.05) is 60.5 Å². The number of likely N-dealkylation sites (N-methyl/N-ethyl adjacent to an activating group) is 1. The van der Waals surface area contributed by atoms with Crippen LogP contribution in [-0.2, 0) is 13.0 Å². The smallest absolute Gasteiger partial charge is 0.111 e. The van der Waals surface area contributed by atoms with E-state index >= 15 is 0 Å². The van der Waals surface area contributed by atoms with Crippen molar-refractivity contribution in [3.8, 4) is 0 Å². The summed E-state index contributed by atoms with van der Waals surface area (Å²) < 4.78 is 2.38. The van der Waals surface area contributed by atoms with Crippen molar-refractivity contribution in [2.24, 2.45) is 5.92 Å². The number of H-pyrrole nitrogens is 1. The molecule has 1 fully saturated rings. The lowest BCUT2D eigenvalue weighted by Crippen LogP contribution is -2.48. The molecule has 26 heavy (non-hydrogen) atoms. The topological polar surface area (TPSA) is 36.9 Å². The van der Waals surface area contributed by atoms with Gasteiger partial charge in [-0.15, -0.1) is 0 Å². The molecule has 3 atom stereocenters. The Hall–Kier alpha value is -2.07. The van der Waals surface area contributed by atoms with Gasteiger partial charge in [0.1, 0.15) is 5.82 Å². The van der Waals surface area contributed by atoms with Gasteiger partial charge < -0.3 is 14.5 Å². The minimum Gasteiger partial charge on any atom is -0.361 e. The fourth-order valence-corrected chi connectivity index (χ4v) is 5.44. The molecular formula is C22H28N4. The van der Waals surface area contributed by atoms with Gasteiger partial charge in [-0.25, -0.2) is 4.98 Å². The van der Waals surface area contributed by atoms with Crippen molar-refractivity contribution in [3.63, 3.8) is 0 Å². The van der Waals surface area contributed by atoms with E-state index in [-0.39, 0.29) is 0 Å². The first kappa shape index (κ1) is 16.1. The highest BCUT2D eigenvalue weighted by Gasteiger charge is 2.39. The van der Waals surface area contributed by atoms with Crippen molar-refractivity contribution >= 4 is 10.9 Å². The number of nitrogens with one attached hydrogen (secondary N) is 1. The van der Waals surface area contributed by atoms with Crippen LogP contribution in [0.1, 0.15) is 49.1 Å². The summed E-state index contributed by atoms with van der Waals surface area (Å²) in [5, 5.41) is 1.49. The van der Waals surface area contributed by atoms with Gasteiger partial charge in [0.05, 0.1) is 0 Å². The minimum absolute atomic E-state index is 0.477. The first-order valence-corrected chi connectivity index (χ1v) is 9.92. The van der Waals surface area contributed by atoms with Crippen LogP contribution in [0.5, 0.6) is 0 Å². The van der Waals surface area contributed by atoms with Gasteiger partial charge in [-0.1, -0.05) is 26.0 Å². The highest BCUT2D eigenvalue weighted by molar-refractivity contribution is 5.88. The van der Waals surface area contributed by atoms with E-state index in [2.05, 4.69) is 70.9 Å². The average molecular weight is 348 g/mol. The number of hydrogen-bond donors (Lipinski definition) is 1. The molecular weight excluding hydrogens is 320 g/mol. The second-order valence-electron chi connectivity index (χ2n) is 8.60. The molecule has 2 aliphatic rings. The number of aromatic nitrogens is 3. The van der Waals surface area contributed by atoms with Gasteiger partial charge in [-0.2, -0.15) is 0 Å². The van der Waals surface area contributed by atoms with E-state index in [1.54, 1.807) is 5.56 Å². The monoisotopic (exact) mass is 348 g/mol. The molecule has 1 aromatic carbocycles. The molecule has 4 heteroatoms. The molecule has 5 rings (SSSR count). The van der Waals surface area contributed by atoms with Crippen molar-refractivity contribution in [3.05, 3.63) is 53.7 Å². The molecule has 1 N–H and O–H groups in total. The van der Waals surface area contributed by atoms with Gasteiger partial charge in [-0.3, -0.25) is 0 Å². The van der Waals surface area contributed by atoms with Crippen LogP contribution in [0, 0.1) is 5.92 Å². The zero-order valence-corrected chi connectivity index (χ0v) is 15.9. The third-order valence-electron chi connectivity index (χ3n) is 6.53. The standard InChI is InChI=1S/C22H28N4/c1-14(2)22-23-7-8-26(22)13-15-9-18-17-5-4-6-19-21(17)16(11-24-19)10-20(18)25(3)12-15/h4-8,11,14-15,18,20,24H,9-10,12-13H2,1-3H3/t15-,18?,20-/m1/s1. The fraction of sp³-hybridized carbons (Fsp3) is 0.500. The van der Waals surface area contributed by atoms with Gasteiger partial charge >= 0.3 is 0 Å². The number of aromatic amines is 1. The predicted octanol–water partition coefficient (Wildman–Crippen LogP) is 4.15. The Morgan fingerprint density at radius 3 is 3.04 bits per heavy atom. The van der Waals surface area contributed by atoms with Crippen LogP contribution in [0.4, 0.5) is 0 Å². The Bertz CT molecular complexity index is 935. The molecule has 1 aliphatic heterocycles. The molecule has 2 aromatic heterocycles. The third kappa shape index (κ3) is 2.43. The molecule has 0 saturated carbocycles. The predicted molar refractivity (Wildman–Crippen MR) is 106 cm³/mol. The van der Waals surface area contributed by atoms with E-state index in [1.165, 1.54) is 41.7 Å². The number of fused-ring (bicyclic) bond motifs is 2. The van der Waals surface area contributed by atoms with Crippen molar-refractivity contribution in [2.45, 2.75) is 51.1 Å². The lowest BCUT2D eigenvalue weighted by atomic mass is 9.72. The van der Waals surface area contributed by atoms with Gasteiger partial charge in [0.2, 0.25) is 0 Å². The summed E-state index contributed by atoms with van der Waals surface area (Å²) in [4.78, 5) is 10.7. The summed E-state index contributed by atoms with van der Waals surface area (Å²) in [6.07, 6.45) is 8.79. The Morgan fingerprint density at radius 1 is 1.31 bits per heavy atom. The first-order chi connectivity index (χ1) is 12.6. The summed E-state index contributed by atoms with van der Waals surface area (Å²) in [5.41, 5.74) is 4.36. The van der Waals surface area contributed by atoms with Crippen LogP contribution < -0.4 is 0 Å². The molecule has 1 unspecified atom stereocenters. The van der Waals surface area contributed by atoms with Crippen LogP contribution in [0.2, 0.25) is 0 Å². The van der Waals surface area contributed by atoms with Gasteiger partial charge in [-0.05, 0) is 43.0 Å². The molecule has 0 spiro atoms. The molecule has 1 saturated heterocycles. The lowest BCUT2D eigenvalue weighted by molar-refractivity contribution is 0.103. The number of benzene rings is 1. The minimum atomic E-state index is 0.477. The van der Waals surface area contributed by atoms with Gasteiger partial charge in [0.15, 0.2) is 0 Å². The van der Waals surface area contributed by atoms with E-state index in [9.17, 15) is 0 Å². The Labute approximate surface area is 155 Å². The van der Waals surface area contributed by atoms with E-state index in [0.717, 1.165) is 6.54 Å². The van der Waals surface area contributed by atoms with Crippen LogP contribution in [-0.4, -0.2) is 39.1 Å². The van der Waals surface area contributed by atoms with Crippen LogP contribution in [0.3, 0.4) is 0 Å². The quantitative estimate of drug-likeness (QED) is 0.772. The number of likely N-dealkylation sites (tertiary alicyclic amines) is 1. The maximum absolute atomic E-state index is 4.58. The number of imidazole rings is 1. The maximum atomic E-state index is 4.58. The molecule has 1 aliphatic carbocycles. The number of hydrogen-bond acceptors (Lipinski definition) is 2. The number of rotatable bonds is 3. The highest BCUT2D eigenvalue weighted by Crippen LogP contribution is 2.44. The summed E-state index contributed by atoms with van der Waals surface area (Å²) in [5.74, 6) is 3.00. The van der Waals surface area contributed by atoms with Crippen LogP contribution >= 0.6 is 0 Å². The summed E-state index contributed by atoms with van der Waals surface area (Å²) >= 11 is 0. The van der Waals surface area contributed by atoms with Crippen molar-refractivity contribution in [1.82, 2.24) is 19.4 Å². The number of piperidine rings is 1. The third-order valence-corrected chi connectivity index (χ3v) is 6.53. The Morgan fingerprint density at radius 2 is 2.19 bits per heavy atom. The Balaban J connectivity index is 1.47. The number of nitrogens with zero attached hydrogens (tertiary/aromatic N) is 3. The van der Waals surface area contributed by atoms with Gasteiger partial charge in [0.25, 0.3) is 0 Å². The van der Waals surface area contributed by atoms with Crippen LogP contribution in [0.15, 0.2) is 36.8 Å². The molecule has 0 bridgehead atoms. The van der Waals surface area contributed by atoms with Crippen molar-refractivity contribution in [2.75, 3.05) is 13.6 Å². The fourth-order valence-electron chi connectivity index (χ4n) is 5.44. The molecule has 136 valence electrons. The first-order valence-electron chi connectivity index (χ1n) is 9.92. The zero-order valence-electron chi connectivity index (χ0n) is 15.9. The largest absolute Gasteiger partial charge is 0.361 e. The molecule has 4 nitrogen and oxygen atoms in total. The maximum Gasteiger partial charge on any atom is 0.111 e. The highest BCUT2D eigenvalue weighted by atomic mass is 15.2. The van der Waals surface area contributed by atoms with Crippen molar-refractivity contribution in [1.29, 1.82) is 0 Å². The SMILES string of the molecule is CC(C)c1nccn1C[C@@H]1CC2c3cccc4[nH]cc(c34)C[C@H]2N(C)C1. The lowest BCUT2D eigenvalue weighted by Gasteiger charge is -2.45. The van der Waals surface area contributed by atoms with E-state index in [1.807, 2.05) is 6.20 Å². The van der Waals surface area contributed by atoms with Crippen LogP contribution in [0.25, 0.3) is 10.9 Å².